The Balaban J connectivity index is 1.29. The minimum atomic E-state index is -0.333. The van der Waals surface area contributed by atoms with Crippen molar-refractivity contribution in [2.24, 2.45) is 0 Å². The van der Waals surface area contributed by atoms with Gasteiger partial charge in [0.2, 0.25) is 0 Å². The first-order valence-electron chi connectivity index (χ1n) is 11.8. The molecule has 0 unspecified atom stereocenters. The van der Waals surface area contributed by atoms with Gasteiger partial charge in [-0.3, -0.25) is 14.5 Å². The molecule has 1 saturated heterocycles. The fraction of sp³-hybridized carbons (Fsp3) is 0.133. The minimum Gasteiger partial charge on any atom is -0.493 e. The van der Waals surface area contributed by atoms with E-state index < -0.39 is 0 Å². The van der Waals surface area contributed by atoms with E-state index in [9.17, 15) is 9.59 Å². The van der Waals surface area contributed by atoms with Crippen LogP contribution in [0.4, 0.5) is 4.79 Å². The second kappa shape index (κ2) is 11.2. The third-order valence-electron chi connectivity index (χ3n) is 5.95. The van der Waals surface area contributed by atoms with E-state index in [0.717, 1.165) is 33.7 Å². The van der Waals surface area contributed by atoms with E-state index in [-0.39, 0.29) is 24.3 Å². The number of amides is 2. The second-order valence-electron chi connectivity index (χ2n) is 8.33. The number of rotatable bonds is 9. The van der Waals surface area contributed by atoms with Crippen LogP contribution >= 0.6 is 11.8 Å². The Morgan fingerprint density at radius 3 is 2.46 bits per heavy atom. The number of benzene rings is 4. The average Bonchev–Trinajstić information content (AvgIpc) is 3.20. The van der Waals surface area contributed by atoms with Gasteiger partial charge >= 0.3 is 0 Å². The summed E-state index contributed by atoms with van der Waals surface area (Å²) in [5.74, 6) is 1.50. The molecule has 1 fully saturated rings. The molecule has 1 heterocycles. The Morgan fingerprint density at radius 1 is 0.838 bits per heavy atom. The van der Waals surface area contributed by atoms with E-state index in [1.54, 1.807) is 19.3 Å². The number of para-hydroxylation sites is 1. The summed E-state index contributed by atoms with van der Waals surface area (Å²) < 4.78 is 17.3. The average molecular weight is 512 g/mol. The van der Waals surface area contributed by atoms with Crippen molar-refractivity contribution in [3.63, 3.8) is 0 Å². The third kappa shape index (κ3) is 5.62. The van der Waals surface area contributed by atoms with E-state index in [1.165, 1.54) is 4.90 Å². The summed E-state index contributed by atoms with van der Waals surface area (Å²) >= 11 is 0.921. The Morgan fingerprint density at radius 2 is 1.62 bits per heavy atom. The summed E-state index contributed by atoms with van der Waals surface area (Å²) in [7, 11) is 1.59. The summed E-state index contributed by atoms with van der Waals surface area (Å²) in [6.45, 7) is 0.766. The number of carbonyl (C=O) groups is 2. The van der Waals surface area contributed by atoms with Crippen LogP contribution in [-0.4, -0.2) is 36.3 Å². The highest BCUT2D eigenvalue weighted by molar-refractivity contribution is 8.18. The SMILES string of the molecule is COc1ccc(/C=C2\SC(=O)N(CCOc3ccccc3)C2=O)cc1OCc1cccc2ccccc12. The molecule has 0 saturated carbocycles. The lowest BCUT2D eigenvalue weighted by Gasteiger charge is -2.13. The maximum absolute atomic E-state index is 12.9. The van der Waals surface area contributed by atoms with Crippen LogP contribution in [0, 0.1) is 0 Å². The molecule has 7 heteroatoms. The maximum atomic E-state index is 12.9. The van der Waals surface area contributed by atoms with Crippen molar-refractivity contribution in [3.8, 4) is 17.2 Å². The standard InChI is InChI=1S/C30H25NO5S/c1-34-26-15-14-21(18-27(26)36-20-23-10-7-9-22-8-5-6-13-25(22)23)19-28-29(32)31(30(33)37-28)16-17-35-24-11-3-2-4-12-24/h2-15,18-19H,16-17,20H2,1H3/b28-19-. The number of imide groups is 1. The second-order valence-corrected chi connectivity index (χ2v) is 9.33. The Hall–Kier alpha value is -4.23. The Bertz CT molecular complexity index is 1460. The Kier molecular flexibility index (Phi) is 7.42. The first-order valence-corrected chi connectivity index (χ1v) is 12.6. The molecular weight excluding hydrogens is 486 g/mol. The number of thioether (sulfide) groups is 1. The highest BCUT2D eigenvalue weighted by Gasteiger charge is 2.34. The fourth-order valence-electron chi connectivity index (χ4n) is 4.09. The highest BCUT2D eigenvalue weighted by atomic mass is 32.2. The monoisotopic (exact) mass is 511 g/mol. The predicted molar refractivity (Wildman–Crippen MR) is 146 cm³/mol. The van der Waals surface area contributed by atoms with Crippen molar-refractivity contribution in [2.45, 2.75) is 6.61 Å². The van der Waals surface area contributed by atoms with Gasteiger partial charge in [0.1, 0.15) is 19.0 Å². The summed E-state index contributed by atoms with van der Waals surface area (Å²) in [4.78, 5) is 27.0. The molecule has 5 rings (SSSR count). The minimum absolute atomic E-state index is 0.179. The molecule has 1 aliphatic heterocycles. The molecular formula is C30H25NO5S. The van der Waals surface area contributed by atoms with Gasteiger partial charge in [0.25, 0.3) is 11.1 Å². The van der Waals surface area contributed by atoms with E-state index in [1.807, 2.05) is 66.7 Å². The topological polar surface area (TPSA) is 65.1 Å². The van der Waals surface area contributed by atoms with Gasteiger partial charge in [0, 0.05) is 0 Å². The van der Waals surface area contributed by atoms with Gasteiger partial charge in [-0.2, -0.15) is 0 Å². The van der Waals surface area contributed by atoms with Gasteiger partial charge in [-0.05, 0) is 64.0 Å². The van der Waals surface area contributed by atoms with Crippen LogP contribution < -0.4 is 14.2 Å². The summed E-state index contributed by atoms with van der Waals surface area (Å²) in [6.07, 6.45) is 1.70. The van der Waals surface area contributed by atoms with Crippen LogP contribution in [0.2, 0.25) is 0 Å². The van der Waals surface area contributed by atoms with Gasteiger partial charge in [-0.1, -0.05) is 66.7 Å². The zero-order chi connectivity index (χ0) is 25.6. The normalized spacial score (nSPS) is 14.4. The zero-order valence-electron chi connectivity index (χ0n) is 20.3. The number of nitrogens with zero attached hydrogens (tertiary/aromatic N) is 1. The van der Waals surface area contributed by atoms with Gasteiger partial charge in [-0.15, -0.1) is 0 Å². The molecule has 4 aromatic rings. The van der Waals surface area contributed by atoms with Crippen molar-refractivity contribution in [1.29, 1.82) is 0 Å². The molecule has 37 heavy (non-hydrogen) atoms. The van der Waals surface area contributed by atoms with Crippen LogP contribution in [0.15, 0.2) is 95.9 Å². The van der Waals surface area contributed by atoms with Crippen LogP contribution in [0.5, 0.6) is 17.2 Å². The van der Waals surface area contributed by atoms with Crippen molar-refractivity contribution < 1.29 is 23.8 Å². The lowest BCUT2D eigenvalue weighted by atomic mass is 10.1. The van der Waals surface area contributed by atoms with Crippen molar-refractivity contribution in [2.75, 3.05) is 20.3 Å². The largest absolute Gasteiger partial charge is 0.493 e. The number of fused-ring (bicyclic) bond motifs is 1. The lowest BCUT2D eigenvalue weighted by molar-refractivity contribution is -0.123. The van der Waals surface area contributed by atoms with Crippen LogP contribution in [0.3, 0.4) is 0 Å². The van der Waals surface area contributed by atoms with Gasteiger partial charge in [0.05, 0.1) is 18.6 Å². The number of carbonyl (C=O) groups excluding carboxylic acids is 2. The molecule has 6 nitrogen and oxygen atoms in total. The van der Waals surface area contributed by atoms with Gasteiger partial charge in [0.15, 0.2) is 11.5 Å². The summed E-state index contributed by atoms with van der Waals surface area (Å²) in [5.41, 5.74) is 1.80. The molecule has 0 spiro atoms. The van der Waals surface area contributed by atoms with Crippen LogP contribution in [-0.2, 0) is 11.4 Å². The number of methoxy groups -OCH3 is 1. The number of ether oxygens (including phenoxy) is 3. The Labute approximate surface area is 219 Å². The van der Waals surface area contributed by atoms with Gasteiger partial charge in [-0.25, -0.2) is 0 Å². The van der Waals surface area contributed by atoms with E-state index in [2.05, 4.69) is 18.2 Å². The van der Waals surface area contributed by atoms with Crippen molar-refractivity contribution in [1.82, 2.24) is 4.90 Å². The lowest BCUT2D eigenvalue weighted by Crippen LogP contribution is -2.32. The molecule has 0 aliphatic carbocycles. The number of hydrogen-bond acceptors (Lipinski definition) is 6. The van der Waals surface area contributed by atoms with Crippen LogP contribution in [0.1, 0.15) is 11.1 Å². The van der Waals surface area contributed by atoms with E-state index >= 15 is 0 Å². The third-order valence-corrected chi connectivity index (χ3v) is 6.86. The number of hydrogen-bond donors (Lipinski definition) is 0. The summed E-state index contributed by atoms with van der Waals surface area (Å²) in [5, 5.41) is 1.97. The summed E-state index contributed by atoms with van der Waals surface area (Å²) in [6, 6.07) is 29.0. The quantitative estimate of drug-likeness (QED) is 0.238. The maximum Gasteiger partial charge on any atom is 0.293 e. The molecule has 0 bridgehead atoms. The smallest absolute Gasteiger partial charge is 0.293 e. The zero-order valence-corrected chi connectivity index (χ0v) is 21.1. The molecule has 0 aromatic heterocycles. The molecule has 4 aromatic carbocycles. The van der Waals surface area contributed by atoms with E-state index in [4.69, 9.17) is 14.2 Å². The van der Waals surface area contributed by atoms with Crippen molar-refractivity contribution >= 4 is 39.8 Å². The van der Waals surface area contributed by atoms with Crippen molar-refractivity contribution in [3.05, 3.63) is 107 Å². The molecule has 0 atom stereocenters. The molecule has 0 N–H and O–H groups in total. The molecule has 2 amide bonds. The molecule has 1 aliphatic rings. The molecule has 186 valence electrons. The predicted octanol–water partition coefficient (Wildman–Crippen LogP) is 6.54. The first kappa shape index (κ1) is 24.5. The van der Waals surface area contributed by atoms with Gasteiger partial charge < -0.3 is 14.2 Å². The fourth-order valence-corrected chi connectivity index (χ4v) is 4.95. The molecule has 0 radical (unpaired) electrons. The first-order chi connectivity index (χ1) is 18.1. The van der Waals surface area contributed by atoms with E-state index in [0.29, 0.717) is 28.8 Å². The van der Waals surface area contributed by atoms with Crippen LogP contribution in [0.25, 0.3) is 16.8 Å². The highest BCUT2D eigenvalue weighted by Crippen LogP contribution is 2.35.